The maximum absolute atomic E-state index is 13.6. The van der Waals surface area contributed by atoms with E-state index in [0.717, 1.165) is 15.4 Å². The lowest BCUT2D eigenvalue weighted by molar-refractivity contribution is -0.384. The minimum atomic E-state index is -0.447. The highest BCUT2D eigenvalue weighted by Crippen LogP contribution is 2.28. The highest BCUT2D eigenvalue weighted by atomic mass is 79.9. The number of hydrogen-bond acceptors (Lipinski definition) is 7. The predicted octanol–water partition coefficient (Wildman–Crippen LogP) is 6.94. The average molecular weight is 595 g/mol. The molecule has 0 N–H and O–H groups in total. The Balaban J connectivity index is 1.39. The average Bonchev–Trinajstić information content (AvgIpc) is 3.41. The summed E-state index contributed by atoms with van der Waals surface area (Å²) in [6, 6.07) is 28.0. The molecular formula is C30H19BrN4O5. The highest BCUT2D eigenvalue weighted by Gasteiger charge is 2.16. The quantitative estimate of drug-likeness (QED) is 0.112. The topological polar surface area (TPSA) is 113 Å². The number of non-ortho nitro benzene ring substituents is 1. The molecule has 0 fully saturated rings. The maximum Gasteiger partial charge on any atom is 0.282 e. The van der Waals surface area contributed by atoms with E-state index in [1.807, 2.05) is 48.5 Å². The molecule has 2 aromatic heterocycles. The van der Waals surface area contributed by atoms with Gasteiger partial charge < -0.3 is 9.15 Å². The Morgan fingerprint density at radius 2 is 1.77 bits per heavy atom. The van der Waals surface area contributed by atoms with Gasteiger partial charge in [0.25, 0.3) is 11.2 Å². The van der Waals surface area contributed by atoms with Gasteiger partial charge in [-0.05, 0) is 60.2 Å². The van der Waals surface area contributed by atoms with Gasteiger partial charge in [-0.1, -0.05) is 46.3 Å². The molecule has 10 heteroatoms. The van der Waals surface area contributed by atoms with Crippen LogP contribution in [0.2, 0.25) is 0 Å². The Kier molecular flexibility index (Phi) is 6.67. The van der Waals surface area contributed by atoms with Crippen molar-refractivity contribution in [3.63, 3.8) is 0 Å². The lowest BCUT2D eigenvalue weighted by atomic mass is 10.2. The first kappa shape index (κ1) is 25.2. The van der Waals surface area contributed by atoms with Crippen LogP contribution in [0.5, 0.6) is 5.75 Å². The van der Waals surface area contributed by atoms with Crippen LogP contribution < -0.4 is 10.3 Å². The van der Waals surface area contributed by atoms with Crippen LogP contribution in [0, 0.1) is 10.1 Å². The predicted molar refractivity (Wildman–Crippen MR) is 156 cm³/mol. The van der Waals surface area contributed by atoms with Gasteiger partial charge in [0.05, 0.1) is 22.0 Å². The van der Waals surface area contributed by atoms with Gasteiger partial charge in [0, 0.05) is 27.6 Å². The van der Waals surface area contributed by atoms with Gasteiger partial charge >= 0.3 is 0 Å². The molecule has 0 aliphatic heterocycles. The Morgan fingerprint density at radius 3 is 2.58 bits per heavy atom. The fourth-order valence-electron chi connectivity index (χ4n) is 4.23. The zero-order valence-electron chi connectivity index (χ0n) is 20.7. The monoisotopic (exact) mass is 594 g/mol. The number of aromatic nitrogens is 2. The van der Waals surface area contributed by atoms with E-state index in [1.54, 1.807) is 36.4 Å². The van der Waals surface area contributed by atoms with Gasteiger partial charge in [-0.3, -0.25) is 14.9 Å². The molecule has 196 valence electrons. The molecule has 0 radical (unpaired) electrons. The molecule has 0 unspecified atom stereocenters. The van der Waals surface area contributed by atoms with Crippen LogP contribution in [0.15, 0.2) is 116 Å². The van der Waals surface area contributed by atoms with Crippen molar-refractivity contribution < 1.29 is 14.1 Å². The van der Waals surface area contributed by atoms with Crippen molar-refractivity contribution in [1.29, 1.82) is 0 Å². The second-order valence-corrected chi connectivity index (χ2v) is 9.77. The molecule has 0 atom stereocenters. The highest BCUT2D eigenvalue weighted by molar-refractivity contribution is 9.10. The number of furan rings is 1. The molecule has 9 nitrogen and oxygen atoms in total. The summed E-state index contributed by atoms with van der Waals surface area (Å²) < 4.78 is 14.1. The lowest BCUT2D eigenvalue weighted by Crippen LogP contribution is -2.20. The van der Waals surface area contributed by atoms with Crippen molar-refractivity contribution in [2.45, 2.75) is 6.61 Å². The van der Waals surface area contributed by atoms with Crippen molar-refractivity contribution in [2.24, 2.45) is 5.10 Å². The summed E-state index contributed by atoms with van der Waals surface area (Å²) in [5.74, 6) is 1.18. The van der Waals surface area contributed by atoms with E-state index in [0.29, 0.717) is 33.6 Å². The van der Waals surface area contributed by atoms with Crippen LogP contribution in [0.25, 0.3) is 33.5 Å². The minimum absolute atomic E-state index is 0.00917. The van der Waals surface area contributed by atoms with E-state index < -0.39 is 4.92 Å². The molecule has 0 saturated carbocycles. The molecule has 0 amide bonds. The summed E-state index contributed by atoms with van der Waals surface area (Å²) >= 11 is 3.48. The van der Waals surface area contributed by atoms with Crippen LogP contribution in [0.1, 0.15) is 11.1 Å². The van der Waals surface area contributed by atoms with E-state index >= 15 is 0 Å². The van der Waals surface area contributed by atoms with Crippen LogP contribution in [-0.4, -0.2) is 20.8 Å². The number of rotatable bonds is 7. The molecule has 2 heterocycles. The second kappa shape index (κ2) is 10.6. The Labute approximate surface area is 235 Å². The summed E-state index contributed by atoms with van der Waals surface area (Å²) in [7, 11) is 0. The number of hydrogen-bond donors (Lipinski definition) is 0. The number of para-hydroxylation sites is 2. The van der Waals surface area contributed by atoms with Crippen molar-refractivity contribution in [3.05, 3.63) is 133 Å². The molecule has 4 aromatic carbocycles. The number of ether oxygens (including phenoxy) is 1. The van der Waals surface area contributed by atoms with Gasteiger partial charge in [0.1, 0.15) is 17.9 Å². The van der Waals surface area contributed by atoms with Crippen molar-refractivity contribution in [1.82, 2.24) is 9.66 Å². The van der Waals surface area contributed by atoms with Gasteiger partial charge in [-0.25, -0.2) is 4.98 Å². The minimum Gasteiger partial charge on any atom is -0.488 e. The van der Waals surface area contributed by atoms with Crippen LogP contribution in [-0.2, 0) is 6.61 Å². The molecule has 0 aliphatic rings. The van der Waals surface area contributed by atoms with E-state index in [1.165, 1.54) is 23.0 Å². The maximum atomic E-state index is 13.6. The summed E-state index contributed by atoms with van der Waals surface area (Å²) in [5, 5.41) is 16.8. The number of nitrogens with zero attached hydrogens (tertiary/aromatic N) is 4. The zero-order chi connectivity index (χ0) is 27.6. The van der Waals surface area contributed by atoms with E-state index in [4.69, 9.17) is 14.1 Å². The van der Waals surface area contributed by atoms with Crippen LogP contribution in [0.4, 0.5) is 5.69 Å². The smallest absolute Gasteiger partial charge is 0.282 e. The van der Waals surface area contributed by atoms with Crippen molar-refractivity contribution in [2.75, 3.05) is 0 Å². The number of nitro groups is 1. The molecule has 0 aliphatic carbocycles. The van der Waals surface area contributed by atoms with Crippen LogP contribution >= 0.6 is 15.9 Å². The normalized spacial score (nSPS) is 11.4. The number of benzene rings is 4. The number of nitro benzene ring substituents is 1. The SMILES string of the molecule is O=c1c2ccccc2nc(-c2cc3ccccc3o2)n1N=Cc1cc(Br)ccc1OCc1ccc([N+](=O)[O-])cc1. The van der Waals surface area contributed by atoms with Crippen LogP contribution in [0.3, 0.4) is 0 Å². The Bertz CT molecular complexity index is 1950. The summed E-state index contributed by atoms with van der Waals surface area (Å²) in [4.78, 5) is 28.8. The largest absolute Gasteiger partial charge is 0.488 e. The molecule has 0 bridgehead atoms. The number of fused-ring (bicyclic) bond motifs is 2. The fourth-order valence-corrected chi connectivity index (χ4v) is 4.61. The van der Waals surface area contributed by atoms with Gasteiger partial charge in [0.2, 0.25) is 5.82 Å². The molecule has 0 spiro atoms. The Hall–Kier alpha value is -5.09. The van der Waals surface area contributed by atoms with Gasteiger partial charge in [-0.2, -0.15) is 9.78 Å². The lowest BCUT2D eigenvalue weighted by Gasteiger charge is -2.11. The fraction of sp³-hybridized carbons (Fsp3) is 0.0333. The first-order valence-corrected chi connectivity index (χ1v) is 13.0. The molecular weight excluding hydrogens is 576 g/mol. The van der Waals surface area contributed by atoms with E-state index in [9.17, 15) is 14.9 Å². The standard InChI is InChI=1S/C30H19BrN4O5/c31-22-11-14-26(39-18-19-9-12-23(13-10-19)35(37)38)21(15-22)17-32-34-29(28-16-20-5-1-4-8-27(20)40-28)33-25-7-3-2-6-24(25)30(34)36/h1-17H,18H2. The summed E-state index contributed by atoms with van der Waals surface area (Å²) in [6.45, 7) is 0.183. The first-order valence-electron chi connectivity index (χ1n) is 12.2. The Morgan fingerprint density at radius 1 is 1.00 bits per heavy atom. The summed E-state index contributed by atoms with van der Waals surface area (Å²) in [5.41, 5.74) is 2.23. The third kappa shape index (κ3) is 4.99. The zero-order valence-corrected chi connectivity index (χ0v) is 22.3. The van der Waals surface area contributed by atoms with E-state index in [-0.39, 0.29) is 23.7 Å². The van der Waals surface area contributed by atoms with Gasteiger partial charge in [0.15, 0.2) is 5.76 Å². The first-order chi connectivity index (χ1) is 19.5. The summed E-state index contributed by atoms with van der Waals surface area (Å²) in [6.07, 6.45) is 1.53. The van der Waals surface area contributed by atoms with Crippen molar-refractivity contribution >= 4 is 49.7 Å². The molecule has 6 rings (SSSR count). The van der Waals surface area contributed by atoms with Gasteiger partial charge in [-0.15, -0.1) is 0 Å². The third-order valence-corrected chi connectivity index (χ3v) is 6.72. The third-order valence-electron chi connectivity index (χ3n) is 6.23. The number of halogens is 1. The molecule has 0 saturated heterocycles. The molecule has 6 aromatic rings. The van der Waals surface area contributed by atoms with Crippen molar-refractivity contribution in [3.8, 4) is 17.3 Å². The second-order valence-electron chi connectivity index (χ2n) is 8.86. The van der Waals surface area contributed by atoms with E-state index in [2.05, 4.69) is 21.0 Å². The molecule has 40 heavy (non-hydrogen) atoms.